The molecule has 0 rings (SSSR count). The lowest BCUT2D eigenvalue weighted by Crippen LogP contribution is -2.37. The van der Waals surface area contributed by atoms with Crippen LogP contribution < -0.4 is 0 Å². The Bertz CT molecular complexity index is 879. The summed E-state index contributed by atoms with van der Waals surface area (Å²) >= 11 is 0. The molecule has 0 aliphatic rings. The second kappa shape index (κ2) is 39.1. The minimum atomic E-state index is -4.27. The average Bonchev–Trinajstić information content (AvgIpc) is 3.12. The number of nitrogens with zero attached hydrogens (tertiary/aromatic N) is 1. The highest BCUT2D eigenvalue weighted by Gasteiger charge is 2.26. The van der Waals surface area contributed by atoms with Gasteiger partial charge in [0.1, 0.15) is 19.3 Å². The van der Waals surface area contributed by atoms with Gasteiger partial charge in [0, 0.05) is 13.0 Å². The van der Waals surface area contributed by atoms with E-state index in [1.165, 1.54) is 161 Å². The summed E-state index contributed by atoms with van der Waals surface area (Å²) in [5, 5.41) is 0. The van der Waals surface area contributed by atoms with Crippen LogP contribution in [0.4, 0.5) is 0 Å². The quantitative estimate of drug-likeness (QED) is 0.0216. The second-order valence-electron chi connectivity index (χ2n) is 16.8. The Labute approximate surface area is 335 Å². The molecule has 8 nitrogen and oxygen atoms in total. The smallest absolute Gasteiger partial charge is 0.457 e. The van der Waals surface area contributed by atoms with Crippen LogP contribution in [0.1, 0.15) is 213 Å². The van der Waals surface area contributed by atoms with Gasteiger partial charge in [-0.05, 0) is 32.1 Å². The lowest BCUT2D eigenvalue weighted by Gasteiger charge is -2.24. The highest BCUT2D eigenvalue weighted by Crippen LogP contribution is 2.43. The standard InChI is InChI=1S/C45H90NO7P/c1-6-8-10-12-14-16-18-19-20-21-22-23-24-25-26-27-28-30-32-34-36-38-45(47)53-44(43-52-54(48,49)51-41-39-46(3,4)5)42-50-40-37-35-33-31-29-17-15-13-11-9-7-2/h11,13,44H,6-10,12,14-43H2,1-5H3/p+1/b13-11-. The van der Waals surface area contributed by atoms with E-state index in [0.29, 0.717) is 24.1 Å². The Kier molecular flexibility index (Phi) is 38.5. The summed E-state index contributed by atoms with van der Waals surface area (Å²) in [5.74, 6) is -0.312. The van der Waals surface area contributed by atoms with E-state index in [4.69, 9.17) is 18.5 Å². The molecule has 0 radical (unpaired) electrons. The number of phosphoric acid groups is 1. The van der Waals surface area contributed by atoms with Crippen molar-refractivity contribution in [3.63, 3.8) is 0 Å². The largest absolute Gasteiger partial charge is 0.472 e. The Morgan fingerprint density at radius 1 is 0.556 bits per heavy atom. The van der Waals surface area contributed by atoms with Crippen LogP contribution in [0.2, 0.25) is 0 Å². The number of quaternary nitrogens is 1. The number of esters is 1. The zero-order valence-corrected chi connectivity index (χ0v) is 37.4. The summed E-state index contributed by atoms with van der Waals surface area (Å²) in [6.07, 6.45) is 42.5. The highest BCUT2D eigenvalue weighted by molar-refractivity contribution is 7.47. The van der Waals surface area contributed by atoms with Gasteiger partial charge in [-0.1, -0.05) is 187 Å². The summed E-state index contributed by atoms with van der Waals surface area (Å²) < 4.78 is 35.0. The first-order valence-electron chi connectivity index (χ1n) is 22.9. The van der Waals surface area contributed by atoms with Gasteiger partial charge in [0.15, 0.2) is 0 Å². The molecule has 0 aromatic carbocycles. The van der Waals surface area contributed by atoms with Gasteiger partial charge < -0.3 is 18.9 Å². The third-order valence-electron chi connectivity index (χ3n) is 10.1. The maximum absolute atomic E-state index is 12.7. The number of carbonyl (C=O) groups excluding carboxylic acids is 1. The molecule has 0 spiro atoms. The van der Waals surface area contributed by atoms with Crippen LogP contribution in [0.3, 0.4) is 0 Å². The molecule has 0 aliphatic heterocycles. The van der Waals surface area contributed by atoms with E-state index in [1.54, 1.807) is 0 Å². The normalized spacial score (nSPS) is 13.8. The Morgan fingerprint density at radius 2 is 1.00 bits per heavy atom. The second-order valence-corrected chi connectivity index (χ2v) is 18.2. The van der Waals surface area contributed by atoms with E-state index >= 15 is 0 Å². The molecule has 0 aromatic rings. The molecule has 9 heteroatoms. The number of likely N-dealkylation sites (N-methyl/N-ethyl adjacent to an activating group) is 1. The van der Waals surface area contributed by atoms with E-state index in [0.717, 1.165) is 32.1 Å². The van der Waals surface area contributed by atoms with Crippen molar-refractivity contribution >= 4 is 13.8 Å². The first-order valence-corrected chi connectivity index (χ1v) is 24.4. The molecular weight excluding hydrogens is 697 g/mol. The summed E-state index contributed by atoms with van der Waals surface area (Å²) in [5.41, 5.74) is 0. The number of hydrogen-bond donors (Lipinski definition) is 1. The van der Waals surface area contributed by atoms with Gasteiger partial charge in [-0.2, -0.15) is 0 Å². The van der Waals surface area contributed by atoms with E-state index in [1.807, 2.05) is 21.1 Å². The fourth-order valence-electron chi connectivity index (χ4n) is 6.50. The van der Waals surface area contributed by atoms with Crippen LogP contribution >= 0.6 is 7.82 Å². The molecule has 0 fully saturated rings. The highest BCUT2D eigenvalue weighted by atomic mass is 31.2. The van der Waals surface area contributed by atoms with E-state index < -0.39 is 13.9 Å². The summed E-state index contributed by atoms with van der Waals surface area (Å²) in [4.78, 5) is 22.9. The monoisotopic (exact) mass is 789 g/mol. The van der Waals surface area contributed by atoms with E-state index in [9.17, 15) is 14.3 Å². The number of unbranched alkanes of at least 4 members (excludes halogenated alkanes) is 27. The fraction of sp³-hybridized carbons (Fsp3) is 0.933. The van der Waals surface area contributed by atoms with Crippen LogP contribution in [0, 0.1) is 0 Å². The van der Waals surface area contributed by atoms with E-state index in [-0.39, 0.29) is 25.8 Å². The van der Waals surface area contributed by atoms with Gasteiger partial charge in [-0.25, -0.2) is 4.57 Å². The Morgan fingerprint density at radius 3 is 1.48 bits per heavy atom. The van der Waals surface area contributed by atoms with Gasteiger partial charge in [-0.15, -0.1) is 0 Å². The zero-order valence-electron chi connectivity index (χ0n) is 36.5. The molecule has 2 unspecified atom stereocenters. The predicted octanol–water partition coefficient (Wildman–Crippen LogP) is 13.4. The summed E-state index contributed by atoms with van der Waals surface area (Å²) in [6.45, 7) is 5.59. The van der Waals surface area contributed by atoms with Crippen LogP contribution in [0.5, 0.6) is 0 Å². The molecule has 0 saturated heterocycles. The first-order chi connectivity index (χ1) is 26.1. The number of rotatable bonds is 43. The fourth-order valence-corrected chi connectivity index (χ4v) is 7.24. The van der Waals surface area contributed by atoms with Crippen molar-refractivity contribution in [1.29, 1.82) is 0 Å². The van der Waals surface area contributed by atoms with Gasteiger partial charge in [0.2, 0.25) is 0 Å². The van der Waals surface area contributed by atoms with Gasteiger partial charge in [0.25, 0.3) is 0 Å². The Hall–Kier alpha value is -0.760. The molecule has 0 amide bonds. The zero-order chi connectivity index (χ0) is 39.9. The first kappa shape index (κ1) is 53.2. The number of carbonyl (C=O) groups is 1. The van der Waals surface area contributed by atoms with Crippen LogP contribution in [0.25, 0.3) is 0 Å². The lowest BCUT2D eigenvalue weighted by molar-refractivity contribution is -0.870. The van der Waals surface area contributed by atoms with Crippen LogP contribution in [0.15, 0.2) is 12.2 Å². The number of allylic oxidation sites excluding steroid dienone is 2. The molecule has 54 heavy (non-hydrogen) atoms. The third-order valence-corrected chi connectivity index (χ3v) is 11.0. The van der Waals surface area contributed by atoms with Crippen molar-refractivity contribution in [3.8, 4) is 0 Å². The molecule has 0 bridgehead atoms. The Balaban J connectivity index is 4.09. The van der Waals surface area contributed by atoms with Crippen molar-refractivity contribution in [3.05, 3.63) is 12.2 Å². The summed E-state index contributed by atoms with van der Waals surface area (Å²) in [6, 6.07) is 0. The topological polar surface area (TPSA) is 91.3 Å². The number of hydrogen-bond acceptors (Lipinski definition) is 6. The molecule has 322 valence electrons. The van der Waals surface area contributed by atoms with Gasteiger partial charge in [0.05, 0.1) is 34.4 Å². The third kappa shape index (κ3) is 42.4. The van der Waals surface area contributed by atoms with Crippen molar-refractivity contribution in [2.45, 2.75) is 219 Å². The molecule has 0 aromatic heterocycles. The van der Waals surface area contributed by atoms with Gasteiger partial charge >= 0.3 is 13.8 Å². The van der Waals surface area contributed by atoms with Crippen molar-refractivity contribution in [1.82, 2.24) is 0 Å². The maximum atomic E-state index is 12.7. The SMILES string of the molecule is CCC/C=C\CCCCCCCCOCC(COP(=O)(O)OCC[N+](C)(C)C)OC(=O)CCCCCCCCCCCCCCCCCCCCCCC. The molecule has 0 heterocycles. The minimum Gasteiger partial charge on any atom is -0.457 e. The molecule has 0 saturated carbocycles. The molecular formula is C45H91NO7P+. The van der Waals surface area contributed by atoms with Crippen LogP contribution in [-0.2, 0) is 27.9 Å². The van der Waals surface area contributed by atoms with Crippen molar-refractivity contribution < 1.29 is 37.3 Å². The lowest BCUT2D eigenvalue weighted by atomic mass is 10.0. The van der Waals surface area contributed by atoms with Gasteiger partial charge in [-0.3, -0.25) is 13.8 Å². The van der Waals surface area contributed by atoms with E-state index in [2.05, 4.69) is 26.0 Å². The molecule has 2 atom stereocenters. The molecule has 1 N–H and O–H groups in total. The maximum Gasteiger partial charge on any atom is 0.472 e. The van der Waals surface area contributed by atoms with Crippen LogP contribution in [-0.4, -0.2) is 75.6 Å². The minimum absolute atomic E-state index is 0.0905. The summed E-state index contributed by atoms with van der Waals surface area (Å²) in [7, 11) is 1.67. The molecule has 0 aliphatic carbocycles. The average molecular weight is 789 g/mol. The predicted molar refractivity (Wildman–Crippen MR) is 229 cm³/mol. The number of ether oxygens (including phenoxy) is 2. The van der Waals surface area contributed by atoms with Crippen molar-refractivity contribution in [2.75, 3.05) is 54.1 Å². The van der Waals surface area contributed by atoms with Crippen molar-refractivity contribution in [2.24, 2.45) is 0 Å². The number of phosphoric ester groups is 1.